The number of ether oxygens (including phenoxy) is 1. The highest BCUT2D eigenvalue weighted by Crippen LogP contribution is 2.40. The molecule has 2 aliphatic rings. The van der Waals surface area contributed by atoms with E-state index >= 15 is 0 Å². The molecule has 13 heteroatoms. The number of hydrogen-bond donors (Lipinski definition) is 1. The summed E-state index contributed by atoms with van der Waals surface area (Å²) in [6, 6.07) is 11.9. The molecule has 2 N–H and O–H groups in total. The molecular weight excluding hydrogens is 638 g/mol. The minimum Gasteiger partial charge on any atom is -0.465 e. The summed E-state index contributed by atoms with van der Waals surface area (Å²) < 4.78 is 6.92. The maximum Gasteiger partial charge on any atom is 0.339 e. The molecule has 4 heterocycles. The molecule has 0 radical (unpaired) electrons. The third-order valence-electron chi connectivity index (χ3n) is 8.35. The number of piperazine rings is 1. The molecule has 47 heavy (non-hydrogen) atoms. The van der Waals surface area contributed by atoms with Crippen LogP contribution in [0.3, 0.4) is 0 Å². The van der Waals surface area contributed by atoms with Crippen molar-refractivity contribution < 1.29 is 19.1 Å². The molecule has 0 unspecified atom stereocenters. The number of thiophene rings is 1. The standard InChI is InChI=1S/C34H32ClN7O4S/c1-19-20(2)47-33-30(19)31(23-7-10-24(35)11-8-23)37-27(32-39-38-21(3)42(32)33)17-28(43)41-15-14-40(18-29(41)44)25-12-9-22(6-5-13-36)26(16-25)34(45)46-4/h7-12,16,27H,13-15,17-18,36H2,1-4H3/t27-/m0/s1. The Morgan fingerprint density at radius 2 is 1.87 bits per heavy atom. The molecule has 240 valence electrons. The Morgan fingerprint density at radius 1 is 1.11 bits per heavy atom. The van der Waals surface area contributed by atoms with Crippen molar-refractivity contribution >= 4 is 52.1 Å². The highest BCUT2D eigenvalue weighted by atomic mass is 35.5. The van der Waals surface area contributed by atoms with Crippen molar-refractivity contribution in [2.24, 2.45) is 10.7 Å². The second kappa shape index (κ2) is 13.1. The molecule has 2 aromatic carbocycles. The second-order valence-electron chi connectivity index (χ2n) is 11.2. The average Bonchev–Trinajstić information content (AvgIpc) is 3.55. The van der Waals surface area contributed by atoms with Gasteiger partial charge in [0.15, 0.2) is 5.82 Å². The zero-order chi connectivity index (χ0) is 33.4. The van der Waals surface area contributed by atoms with Crippen molar-refractivity contribution in [3.05, 3.63) is 91.8 Å². The predicted octanol–water partition coefficient (Wildman–Crippen LogP) is 4.16. The molecule has 1 fully saturated rings. The van der Waals surface area contributed by atoms with E-state index in [1.54, 1.807) is 29.5 Å². The fourth-order valence-corrected chi connectivity index (χ4v) is 7.17. The fourth-order valence-electron chi connectivity index (χ4n) is 5.83. The van der Waals surface area contributed by atoms with E-state index in [-0.39, 0.29) is 43.4 Å². The number of halogens is 1. The van der Waals surface area contributed by atoms with Crippen LogP contribution in [0.5, 0.6) is 0 Å². The van der Waals surface area contributed by atoms with Crippen LogP contribution in [0.1, 0.15) is 61.6 Å². The lowest BCUT2D eigenvalue weighted by Crippen LogP contribution is -2.53. The maximum absolute atomic E-state index is 13.9. The largest absolute Gasteiger partial charge is 0.465 e. The van der Waals surface area contributed by atoms with Gasteiger partial charge in [0.2, 0.25) is 11.8 Å². The van der Waals surface area contributed by atoms with Gasteiger partial charge in [-0.15, -0.1) is 21.5 Å². The lowest BCUT2D eigenvalue weighted by Gasteiger charge is -2.35. The Balaban J connectivity index is 1.28. The number of methoxy groups -OCH3 is 1. The Kier molecular flexibility index (Phi) is 8.96. The quantitative estimate of drug-likeness (QED) is 0.247. The van der Waals surface area contributed by atoms with Crippen molar-refractivity contribution in [3.8, 4) is 16.8 Å². The van der Waals surface area contributed by atoms with E-state index in [1.807, 2.05) is 40.7 Å². The molecule has 0 aliphatic carbocycles. The summed E-state index contributed by atoms with van der Waals surface area (Å²) in [4.78, 5) is 49.2. The topological polar surface area (TPSA) is 136 Å². The molecule has 2 aliphatic heterocycles. The van der Waals surface area contributed by atoms with Crippen LogP contribution in [0.15, 0.2) is 47.5 Å². The number of imide groups is 1. The first-order valence-electron chi connectivity index (χ1n) is 15.0. The van der Waals surface area contributed by atoms with Crippen LogP contribution >= 0.6 is 22.9 Å². The van der Waals surface area contributed by atoms with Gasteiger partial charge >= 0.3 is 5.97 Å². The van der Waals surface area contributed by atoms with E-state index in [1.165, 1.54) is 12.0 Å². The Morgan fingerprint density at radius 3 is 2.57 bits per heavy atom. The number of rotatable bonds is 5. The lowest BCUT2D eigenvalue weighted by molar-refractivity contribution is -0.145. The van der Waals surface area contributed by atoms with Crippen molar-refractivity contribution in [2.45, 2.75) is 33.2 Å². The van der Waals surface area contributed by atoms with E-state index < -0.39 is 12.0 Å². The molecule has 2 amide bonds. The number of carbonyl (C=O) groups is 3. The summed E-state index contributed by atoms with van der Waals surface area (Å²) in [7, 11) is 1.30. The number of anilines is 1. The van der Waals surface area contributed by atoms with Crippen LogP contribution < -0.4 is 10.6 Å². The number of nitrogens with two attached hydrogens (primary N) is 1. The van der Waals surface area contributed by atoms with E-state index in [0.717, 1.165) is 32.3 Å². The number of aliphatic imine (C=N–C) groups is 1. The Labute approximate surface area is 281 Å². The zero-order valence-electron chi connectivity index (χ0n) is 26.3. The SMILES string of the molecule is COC(=O)c1cc(N2CCN(C(=O)C[C@@H]3N=C(c4ccc(Cl)cc4)c4c(sc(C)c4C)-n4c(C)nnc43)C(=O)C2)ccc1C#CCN. The summed E-state index contributed by atoms with van der Waals surface area (Å²) in [5, 5.41) is 10.4. The number of amides is 2. The molecular formula is C34H32ClN7O4S. The summed E-state index contributed by atoms with van der Waals surface area (Å²) in [6.07, 6.45) is -0.0745. The van der Waals surface area contributed by atoms with Gasteiger partial charge < -0.3 is 15.4 Å². The van der Waals surface area contributed by atoms with Crippen LogP contribution in [-0.2, 0) is 14.3 Å². The lowest BCUT2D eigenvalue weighted by atomic mass is 9.99. The Bertz CT molecular complexity index is 2000. The van der Waals surface area contributed by atoms with Gasteiger partial charge in [-0.3, -0.25) is 24.0 Å². The molecule has 1 saturated heterocycles. The third-order valence-corrected chi connectivity index (χ3v) is 9.79. The van der Waals surface area contributed by atoms with Gasteiger partial charge in [-0.05, 0) is 56.7 Å². The third kappa shape index (κ3) is 6.05. The number of esters is 1. The maximum atomic E-state index is 13.9. The summed E-state index contributed by atoms with van der Waals surface area (Å²) >= 11 is 7.85. The monoisotopic (exact) mass is 669 g/mol. The molecule has 4 aromatic rings. The molecule has 2 aromatic heterocycles. The van der Waals surface area contributed by atoms with E-state index in [4.69, 9.17) is 27.1 Å². The van der Waals surface area contributed by atoms with E-state index in [2.05, 4.69) is 35.9 Å². The smallest absolute Gasteiger partial charge is 0.339 e. The highest BCUT2D eigenvalue weighted by Gasteiger charge is 2.36. The molecule has 6 rings (SSSR count). The van der Waals surface area contributed by atoms with Crippen LogP contribution in [0.4, 0.5) is 5.69 Å². The van der Waals surface area contributed by atoms with Crippen LogP contribution in [-0.4, -0.2) is 76.4 Å². The summed E-state index contributed by atoms with van der Waals surface area (Å²) in [6.45, 7) is 6.65. The Hall–Kier alpha value is -4.83. The summed E-state index contributed by atoms with van der Waals surface area (Å²) in [5.74, 6) is 5.61. The minimum atomic E-state index is -0.690. The first kappa shape index (κ1) is 32.1. The van der Waals surface area contributed by atoms with Crippen LogP contribution in [0, 0.1) is 32.6 Å². The van der Waals surface area contributed by atoms with Gasteiger partial charge in [-0.2, -0.15) is 0 Å². The first-order valence-corrected chi connectivity index (χ1v) is 16.2. The van der Waals surface area contributed by atoms with Gasteiger partial charge in [0.25, 0.3) is 0 Å². The van der Waals surface area contributed by atoms with Crippen molar-refractivity contribution in [1.82, 2.24) is 19.7 Å². The van der Waals surface area contributed by atoms with E-state index in [9.17, 15) is 14.4 Å². The highest BCUT2D eigenvalue weighted by molar-refractivity contribution is 7.15. The van der Waals surface area contributed by atoms with Gasteiger partial charge in [0.05, 0.1) is 37.9 Å². The number of hydrogen-bond acceptors (Lipinski definition) is 10. The normalized spacial score (nSPS) is 15.7. The molecule has 0 spiro atoms. The van der Waals surface area contributed by atoms with Gasteiger partial charge in [-0.1, -0.05) is 35.6 Å². The first-order chi connectivity index (χ1) is 22.6. The fraction of sp³-hybridized carbons (Fsp3) is 0.294. The second-order valence-corrected chi connectivity index (χ2v) is 12.8. The molecule has 0 saturated carbocycles. The number of nitrogens with zero attached hydrogens (tertiary/aromatic N) is 6. The summed E-state index contributed by atoms with van der Waals surface area (Å²) in [5.41, 5.74) is 10.6. The number of carbonyl (C=O) groups excluding carboxylic acids is 3. The predicted molar refractivity (Wildman–Crippen MR) is 181 cm³/mol. The number of aryl methyl sites for hydroxylation is 2. The van der Waals surface area contributed by atoms with Crippen molar-refractivity contribution in [1.29, 1.82) is 0 Å². The number of fused-ring (bicyclic) bond motifs is 3. The van der Waals surface area contributed by atoms with Crippen molar-refractivity contribution in [3.63, 3.8) is 0 Å². The zero-order valence-corrected chi connectivity index (χ0v) is 27.9. The number of aromatic nitrogens is 3. The number of benzene rings is 2. The molecule has 11 nitrogen and oxygen atoms in total. The molecule has 0 bridgehead atoms. The molecule has 1 atom stereocenters. The van der Waals surface area contributed by atoms with Crippen LogP contribution in [0.25, 0.3) is 5.00 Å². The van der Waals surface area contributed by atoms with Crippen molar-refractivity contribution in [2.75, 3.05) is 38.2 Å². The van der Waals surface area contributed by atoms with Gasteiger partial charge in [-0.25, -0.2) is 4.79 Å². The average molecular weight is 670 g/mol. The van der Waals surface area contributed by atoms with Crippen LogP contribution in [0.2, 0.25) is 5.02 Å². The van der Waals surface area contributed by atoms with E-state index in [0.29, 0.717) is 34.5 Å². The van der Waals surface area contributed by atoms with Gasteiger partial charge in [0.1, 0.15) is 16.9 Å². The van der Waals surface area contributed by atoms with Gasteiger partial charge in [0, 0.05) is 45.4 Å². The minimum absolute atomic E-state index is 0.0464.